The van der Waals surface area contributed by atoms with E-state index in [4.69, 9.17) is 0 Å². The first kappa shape index (κ1) is 28.5. The molecule has 3 atom stereocenters. The summed E-state index contributed by atoms with van der Waals surface area (Å²) in [7, 11) is 1.59. The molecule has 1 fully saturated rings. The number of fused-ring (bicyclic) bond motifs is 1. The van der Waals surface area contributed by atoms with Gasteiger partial charge in [0.05, 0.1) is 18.0 Å². The summed E-state index contributed by atoms with van der Waals surface area (Å²) in [6.45, 7) is 8.38. The number of nitrogens with zero attached hydrogens (tertiary/aromatic N) is 3. The second kappa shape index (κ2) is 12.5. The first-order valence-electron chi connectivity index (χ1n) is 13.2. The minimum Gasteiger partial charge on any atom is -0.345 e. The summed E-state index contributed by atoms with van der Waals surface area (Å²) in [5.41, 5.74) is 0.266. The van der Waals surface area contributed by atoms with Crippen molar-refractivity contribution in [2.45, 2.75) is 90.8 Å². The number of halogens is 2. The summed E-state index contributed by atoms with van der Waals surface area (Å²) < 4.78 is 29.5. The van der Waals surface area contributed by atoms with E-state index < -0.39 is 29.6 Å². The number of carbonyl (C=O) groups is 3. The number of benzene rings is 1. The van der Waals surface area contributed by atoms with Crippen LogP contribution in [-0.4, -0.2) is 50.8 Å². The van der Waals surface area contributed by atoms with Crippen LogP contribution in [0, 0.1) is 17.6 Å². The lowest BCUT2D eigenvalue weighted by Gasteiger charge is -2.36. The van der Waals surface area contributed by atoms with Crippen molar-refractivity contribution in [2.24, 2.45) is 13.0 Å². The fraction of sp³-hybridized carbons (Fsp3) is 0.630. The highest BCUT2D eigenvalue weighted by molar-refractivity contribution is 5.92. The first-order chi connectivity index (χ1) is 17.5. The number of aromatic nitrogens is 2. The van der Waals surface area contributed by atoms with Gasteiger partial charge in [-0.05, 0) is 44.9 Å². The molecule has 1 saturated heterocycles. The van der Waals surface area contributed by atoms with Crippen molar-refractivity contribution in [3.05, 3.63) is 29.6 Å². The maximum absolute atomic E-state index is 14.4. The van der Waals surface area contributed by atoms with Crippen molar-refractivity contribution in [3.63, 3.8) is 0 Å². The monoisotopic (exact) mass is 519 g/mol. The van der Waals surface area contributed by atoms with Crippen molar-refractivity contribution >= 4 is 28.8 Å². The molecule has 1 aromatic heterocycles. The van der Waals surface area contributed by atoms with Crippen LogP contribution in [0.4, 0.5) is 8.78 Å². The van der Waals surface area contributed by atoms with E-state index in [1.807, 2.05) is 25.7 Å². The Morgan fingerprint density at radius 1 is 1.14 bits per heavy atom. The van der Waals surface area contributed by atoms with E-state index in [1.54, 1.807) is 14.0 Å². The van der Waals surface area contributed by atoms with Gasteiger partial charge in [0.25, 0.3) is 0 Å². The quantitative estimate of drug-likeness (QED) is 0.493. The molecule has 3 amide bonds. The molecule has 0 aliphatic carbocycles. The Kier molecular flexibility index (Phi) is 9.62. The number of carbonyl (C=O) groups excluding carboxylic acids is 3. The lowest BCUT2D eigenvalue weighted by Crippen LogP contribution is -2.52. The van der Waals surface area contributed by atoms with Crippen LogP contribution in [0.3, 0.4) is 0 Å². The molecule has 204 valence electrons. The number of hydrogen-bond acceptors (Lipinski definition) is 4. The summed E-state index contributed by atoms with van der Waals surface area (Å²) in [4.78, 5) is 45.4. The Labute approximate surface area is 217 Å². The molecule has 2 aromatic rings. The van der Waals surface area contributed by atoms with Crippen molar-refractivity contribution in [3.8, 4) is 0 Å². The van der Waals surface area contributed by atoms with E-state index in [9.17, 15) is 23.2 Å². The molecule has 0 spiro atoms. The second-order valence-electron chi connectivity index (χ2n) is 10.4. The molecule has 1 aromatic carbocycles. The molecule has 37 heavy (non-hydrogen) atoms. The standard InChI is InChI=1S/C27H39F2N5O3/c1-6-19-9-7-8-12-34(19)24(36)15-22(31-23(35)11-10-16(2)3)27(37)30-17(4)26-32-21-14-18(28)13-20(29)25(21)33(26)5/h13-14,16-17,19,22H,6-12,15H2,1-5H3,(H,30,37)(H,31,35)/t17-,19-,22-/m0/s1. The molecule has 3 rings (SSSR count). The first-order valence-corrected chi connectivity index (χ1v) is 13.2. The minimum atomic E-state index is -1.06. The van der Waals surface area contributed by atoms with E-state index in [1.165, 1.54) is 4.57 Å². The SMILES string of the molecule is CC[C@H]1CCCCN1C(=O)C[C@H](NC(=O)CCC(C)C)C(=O)N[C@@H](C)c1nc2cc(F)cc(F)c2n1C. The Balaban J connectivity index is 1.78. The van der Waals surface area contributed by atoms with Gasteiger partial charge in [0.2, 0.25) is 17.7 Å². The van der Waals surface area contributed by atoms with Crippen LogP contribution < -0.4 is 10.6 Å². The number of amides is 3. The van der Waals surface area contributed by atoms with Gasteiger partial charge in [0, 0.05) is 38.2 Å². The van der Waals surface area contributed by atoms with E-state index in [2.05, 4.69) is 15.6 Å². The number of hydrogen-bond donors (Lipinski definition) is 2. The normalized spacial score (nSPS) is 17.6. The number of aryl methyl sites for hydroxylation is 1. The fourth-order valence-corrected chi connectivity index (χ4v) is 4.99. The molecule has 2 N–H and O–H groups in total. The number of likely N-dealkylation sites (tertiary alicyclic amines) is 1. The maximum Gasteiger partial charge on any atom is 0.243 e. The molecule has 0 bridgehead atoms. The Morgan fingerprint density at radius 2 is 1.86 bits per heavy atom. The topological polar surface area (TPSA) is 96.3 Å². The summed E-state index contributed by atoms with van der Waals surface area (Å²) in [6.07, 6.45) is 4.52. The number of piperidine rings is 1. The van der Waals surface area contributed by atoms with Gasteiger partial charge in [-0.3, -0.25) is 14.4 Å². The zero-order valence-corrected chi connectivity index (χ0v) is 22.4. The van der Waals surface area contributed by atoms with E-state index >= 15 is 0 Å². The van der Waals surface area contributed by atoms with Gasteiger partial charge in [-0.25, -0.2) is 13.8 Å². The molecular formula is C27H39F2N5O3. The third-order valence-corrected chi connectivity index (χ3v) is 7.07. The maximum atomic E-state index is 14.4. The van der Waals surface area contributed by atoms with Crippen LogP contribution >= 0.6 is 0 Å². The second-order valence-corrected chi connectivity index (χ2v) is 10.4. The van der Waals surface area contributed by atoms with Crippen molar-refractivity contribution in [2.75, 3.05) is 6.54 Å². The van der Waals surface area contributed by atoms with Gasteiger partial charge in [-0.1, -0.05) is 20.8 Å². The Morgan fingerprint density at radius 3 is 2.54 bits per heavy atom. The molecule has 1 aliphatic heterocycles. The van der Waals surface area contributed by atoms with Gasteiger partial charge in [0.1, 0.15) is 23.2 Å². The van der Waals surface area contributed by atoms with Crippen molar-refractivity contribution < 1.29 is 23.2 Å². The van der Waals surface area contributed by atoms with Gasteiger partial charge in [-0.15, -0.1) is 0 Å². The highest BCUT2D eigenvalue weighted by Gasteiger charge is 2.31. The summed E-state index contributed by atoms with van der Waals surface area (Å²) in [6, 6.07) is 0.315. The van der Waals surface area contributed by atoms with Crippen LogP contribution in [-0.2, 0) is 21.4 Å². The number of nitrogens with one attached hydrogen (secondary N) is 2. The predicted molar refractivity (Wildman–Crippen MR) is 137 cm³/mol. The lowest BCUT2D eigenvalue weighted by atomic mass is 9.98. The fourth-order valence-electron chi connectivity index (χ4n) is 4.99. The van der Waals surface area contributed by atoms with Crippen LogP contribution in [0.25, 0.3) is 11.0 Å². The Hall–Kier alpha value is -3.04. The third kappa shape index (κ3) is 7.05. The van der Waals surface area contributed by atoms with Gasteiger partial charge >= 0.3 is 0 Å². The zero-order valence-electron chi connectivity index (χ0n) is 22.4. The van der Waals surface area contributed by atoms with Crippen molar-refractivity contribution in [1.82, 2.24) is 25.1 Å². The molecule has 10 heteroatoms. The molecular weight excluding hydrogens is 480 g/mol. The molecule has 8 nitrogen and oxygen atoms in total. The van der Waals surface area contributed by atoms with Crippen LogP contribution in [0.5, 0.6) is 0 Å². The number of imidazole rings is 1. The van der Waals surface area contributed by atoms with Crippen LogP contribution in [0.1, 0.15) is 84.5 Å². The van der Waals surface area contributed by atoms with E-state index in [0.29, 0.717) is 24.7 Å². The van der Waals surface area contributed by atoms with E-state index in [0.717, 1.165) is 37.8 Å². The third-order valence-electron chi connectivity index (χ3n) is 7.07. The average Bonchev–Trinajstić information content (AvgIpc) is 3.18. The Bertz CT molecular complexity index is 1130. The highest BCUT2D eigenvalue weighted by Crippen LogP contribution is 2.24. The summed E-state index contributed by atoms with van der Waals surface area (Å²) in [5, 5.41) is 5.57. The molecule has 2 heterocycles. The minimum absolute atomic E-state index is 0.127. The zero-order chi connectivity index (χ0) is 27.3. The van der Waals surface area contributed by atoms with Gasteiger partial charge in [-0.2, -0.15) is 0 Å². The molecule has 1 aliphatic rings. The smallest absolute Gasteiger partial charge is 0.243 e. The van der Waals surface area contributed by atoms with Crippen LogP contribution in [0.2, 0.25) is 0 Å². The highest BCUT2D eigenvalue weighted by atomic mass is 19.1. The average molecular weight is 520 g/mol. The van der Waals surface area contributed by atoms with Gasteiger partial charge < -0.3 is 20.1 Å². The van der Waals surface area contributed by atoms with Crippen LogP contribution in [0.15, 0.2) is 12.1 Å². The molecule has 0 radical (unpaired) electrons. The van der Waals surface area contributed by atoms with Crippen molar-refractivity contribution in [1.29, 1.82) is 0 Å². The number of rotatable bonds is 10. The summed E-state index contributed by atoms with van der Waals surface area (Å²) >= 11 is 0. The molecule has 0 unspecified atom stereocenters. The predicted octanol–water partition coefficient (Wildman–Crippen LogP) is 4.13. The van der Waals surface area contributed by atoms with Gasteiger partial charge in [0.15, 0.2) is 5.82 Å². The molecule has 0 saturated carbocycles. The lowest BCUT2D eigenvalue weighted by molar-refractivity contribution is -0.139. The van der Waals surface area contributed by atoms with E-state index in [-0.39, 0.29) is 41.7 Å². The largest absolute Gasteiger partial charge is 0.345 e. The summed E-state index contributed by atoms with van der Waals surface area (Å²) in [5.74, 6) is -1.82.